The van der Waals surface area contributed by atoms with Crippen molar-refractivity contribution in [1.82, 2.24) is 4.90 Å². The van der Waals surface area contributed by atoms with Crippen molar-refractivity contribution in [3.8, 4) is 0 Å². The van der Waals surface area contributed by atoms with Gasteiger partial charge in [-0.15, -0.1) is 0 Å². The summed E-state index contributed by atoms with van der Waals surface area (Å²) in [6, 6.07) is 14.3. The molecule has 0 saturated carbocycles. The number of carbonyl (C=O) groups excluding carboxylic acids is 1. The number of benzene rings is 2. The van der Waals surface area contributed by atoms with Crippen molar-refractivity contribution in [3.05, 3.63) is 71.0 Å². The molecule has 0 bridgehead atoms. The van der Waals surface area contributed by atoms with Gasteiger partial charge in [-0.1, -0.05) is 36.4 Å². The first kappa shape index (κ1) is 17.2. The molecule has 136 valence electrons. The fourth-order valence-corrected chi connectivity index (χ4v) is 3.99. The normalized spacial score (nSPS) is 25.6. The van der Waals surface area contributed by atoms with Crippen LogP contribution in [0.5, 0.6) is 0 Å². The van der Waals surface area contributed by atoms with Crippen molar-refractivity contribution in [2.75, 3.05) is 13.2 Å². The Hall–Kier alpha value is -2.24. The van der Waals surface area contributed by atoms with Crippen molar-refractivity contribution in [2.24, 2.45) is 5.73 Å². The quantitative estimate of drug-likeness (QED) is 0.902. The van der Waals surface area contributed by atoms with Gasteiger partial charge in [-0.2, -0.15) is 0 Å². The summed E-state index contributed by atoms with van der Waals surface area (Å²) in [5.41, 5.74) is 9.27. The molecule has 0 spiro atoms. The Kier molecular flexibility index (Phi) is 4.74. The third-order valence-electron chi connectivity index (χ3n) is 5.35. The lowest BCUT2D eigenvalue weighted by Gasteiger charge is -2.40. The molecular weight excluding hydrogens is 331 g/mol. The average molecular weight is 354 g/mol. The Balaban J connectivity index is 1.71. The summed E-state index contributed by atoms with van der Waals surface area (Å²) in [4.78, 5) is 15.1. The summed E-state index contributed by atoms with van der Waals surface area (Å²) < 4.78 is 19.1. The minimum absolute atomic E-state index is 0.000882. The number of amides is 1. The topological polar surface area (TPSA) is 55.6 Å². The number of nitrogens with zero attached hydrogens (tertiary/aromatic N) is 1. The highest BCUT2D eigenvalue weighted by Gasteiger charge is 2.37. The Labute approximate surface area is 152 Å². The van der Waals surface area contributed by atoms with Gasteiger partial charge in [0.2, 0.25) is 0 Å². The summed E-state index contributed by atoms with van der Waals surface area (Å²) >= 11 is 0. The van der Waals surface area contributed by atoms with Crippen LogP contribution in [0.25, 0.3) is 0 Å². The smallest absolute Gasteiger partial charge is 0.252 e. The number of rotatable bonds is 2. The second kappa shape index (κ2) is 7.17. The van der Waals surface area contributed by atoms with Crippen LogP contribution < -0.4 is 5.73 Å². The maximum atomic E-state index is 13.4. The van der Waals surface area contributed by atoms with Gasteiger partial charge in [-0.25, -0.2) is 4.39 Å². The Morgan fingerprint density at radius 2 is 1.92 bits per heavy atom. The van der Waals surface area contributed by atoms with Crippen LogP contribution in [0.3, 0.4) is 0 Å². The predicted octanol–water partition coefficient (Wildman–Crippen LogP) is 2.81. The zero-order valence-corrected chi connectivity index (χ0v) is 14.6. The van der Waals surface area contributed by atoms with Crippen molar-refractivity contribution >= 4 is 5.91 Å². The van der Waals surface area contributed by atoms with E-state index >= 15 is 0 Å². The standard InChI is InChI=1S/C21H23FN2O2/c22-16-7-5-15(6-8-16)20-18-4-2-1-3-14(18)9-11-24(20)21(25)19-13-17(23)10-12-26-19/h1-8,17,19-20H,9-13,23H2/t17-,19+,20+/m1/s1. The monoisotopic (exact) mass is 354 g/mol. The first-order valence-electron chi connectivity index (χ1n) is 9.14. The number of nitrogens with two attached hydrogens (primary N) is 1. The molecule has 4 rings (SSSR count). The van der Waals surface area contributed by atoms with E-state index < -0.39 is 6.10 Å². The van der Waals surface area contributed by atoms with E-state index in [1.807, 2.05) is 17.0 Å². The van der Waals surface area contributed by atoms with Crippen LogP contribution in [0.4, 0.5) is 4.39 Å². The summed E-state index contributed by atoms with van der Waals surface area (Å²) in [7, 11) is 0. The molecule has 4 nitrogen and oxygen atoms in total. The van der Waals surface area contributed by atoms with E-state index in [0.29, 0.717) is 19.6 Å². The molecule has 2 aliphatic rings. The fourth-order valence-electron chi connectivity index (χ4n) is 3.99. The Bertz CT molecular complexity index is 793. The molecule has 5 heteroatoms. The fraction of sp³-hybridized carbons (Fsp3) is 0.381. The van der Waals surface area contributed by atoms with Crippen LogP contribution in [0.2, 0.25) is 0 Å². The SMILES string of the molecule is N[C@@H]1CCO[C@H](C(=O)N2CCc3ccccc3[C@@H]2c2ccc(F)cc2)C1. The summed E-state index contributed by atoms with van der Waals surface area (Å²) in [5, 5.41) is 0. The molecule has 26 heavy (non-hydrogen) atoms. The van der Waals surface area contributed by atoms with Gasteiger partial charge in [0.15, 0.2) is 0 Å². The lowest BCUT2D eigenvalue weighted by molar-refractivity contribution is -0.149. The van der Waals surface area contributed by atoms with Crippen LogP contribution in [-0.2, 0) is 16.0 Å². The lowest BCUT2D eigenvalue weighted by Crippen LogP contribution is -2.49. The predicted molar refractivity (Wildman–Crippen MR) is 97.1 cm³/mol. The number of halogens is 1. The molecule has 2 heterocycles. The number of ether oxygens (including phenoxy) is 1. The highest BCUT2D eigenvalue weighted by atomic mass is 19.1. The summed E-state index contributed by atoms with van der Waals surface area (Å²) in [6.07, 6.45) is 1.64. The van der Waals surface area contributed by atoms with Crippen LogP contribution in [0.15, 0.2) is 48.5 Å². The van der Waals surface area contributed by atoms with Crippen LogP contribution in [0.1, 0.15) is 35.6 Å². The Morgan fingerprint density at radius 3 is 2.69 bits per heavy atom. The van der Waals surface area contributed by atoms with Crippen molar-refractivity contribution < 1.29 is 13.9 Å². The summed E-state index contributed by atoms with van der Waals surface area (Å²) in [5.74, 6) is -0.304. The third kappa shape index (κ3) is 3.24. The van der Waals surface area contributed by atoms with E-state index in [1.54, 1.807) is 12.1 Å². The molecule has 2 N–H and O–H groups in total. The first-order valence-corrected chi connectivity index (χ1v) is 9.14. The highest BCUT2D eigenvalue weighted by molar-refractivity contribution is 5.82. The largest absolute Gasteiger partial charge is 0.368 e. The maximum absolute atomic E-state index is 13.4. The second-order valence-electron chi connectivity index (χ2n) is 7.08. The molecule has 2 aromatic carbocycles. The minimum atomic E-state index is -0.494. The molecule has 1 fully saturated rings. The molecule has 0 aromatic heterocycles. The molecule has 2 aliphatic heterocycles. The molecule has 3 atom stereocenters. The van der Waals surface area contributed by atoms with Gasteiger partial charge in [0.1, 0.15) is 11.9 Å². The van der Waals surface area contributed by atoms with Gasteiger partial charge in [-0.3, -0.25) is 4.79 Å². The molecule has 0 radical (unpaired) electrons. The number of hydrogen-bond donors (Lipinski definition) is 1. The number of hydrogen-bond acceptors (Lipinski definition) is 3. The zero-order chi connectivity index (χ0) is 18.1. The summed E-state index contributed by atoms with van der Waals surface area (Å²) in [6.45, 7) is 1.14. The van der Waals surface area contributed by atoms with E-state index in [-0.39, 0.29) is 23.8 Å². The average Bonchev–Trinajstić information content (AvgIpc) is 2.67. The molecule has 1 amide bonds. The van der Waals surface area contributed by atoms with E-state index in [1.165, 1.54) is 17.7 Å². The van der Waals surface area contributed by atoms with Gasteiger partial charge in [-0.05, 0) is 48.1 Å². The molecule has 0 aliphatic carbocycles. The lowest BCUT2D eigenvalue weighted by atomic mass is 9.87. The second-order valence-corrected chi connectivity index (χ2v) is 7.08. The van der Waals surface area contributed by atoms with E-state index in [0.717, 1.165) is 24.0 Å². The maximum Gasteiger partial charge on any atom is 0.252 e. The van der Waals surface area contributed by atoms with E-state index in [2.05, 4.69) is 12.1 Å². The van der Waals surface area contributed by atoms with Gasteiger partial charge in [0.25, 0.3) is 5.91 Å². The van der Waals surface area contributed by atoms with Crippen molar-refractivity contribution in [2.45, 2.75) is 37.5 Å². The van der Waals surface area contributed by atoms with E-state index in [4.69, 9.17) is 10.5 Å². The molecule has 1 saturated heterocycles. The van der Waals surface area contributed by atoms with Gasteiger partial charge < -0.3 is 15.4 Å². The highest BCUT2D eigenvalue weighted by Crippen LogP contribution is 2.36. The molecule has 2 aromatic rings. The van der Waals surface area contributed by atoms with Crippen LogP contribution >= 0.6 is 0 Å². The first-order chi connectivity index (χ1) is 12.6. The van der Waals surface area contributed by atoms with Gasteiger partial charge >= 0.3 is 0 Å². The number of carbonyl (C=O) groups is 1. The van der Waals surface area contributed by atoms with E-state index in [9.17, 15) is 9.18 Å². The number of fused-ring (bicyclic) bond motifs is 1. The Morgan fingerprint density at radius 1 is 1.15 bits per heavy atom. The molecule has 0 unspecified atom stereocenters. The van der Waals surface area contributed by atoms with Crippen LogP contribution in [-0.4, -0.2) is 36.1 Å². The van der Waals surface area contributed by atoms with Crippen molar-refractivity contribution in [1.29, 1.82) is 0 Å². The van der Waals surface area contributed by atoms with Crippen molar-refractivity contribution in [3.63, 3.8) is 0 Å². The zero-order valence-electron chi connectivity index (χ0n) is 14.6. The minimum Gasteiger partial charge on any atom is -0.368 e. The molecular formula is C21H23FN2O2. The van der Waals surface area contributed by atoms with Gasteiger partial charge in [0.05, 0.1) is 6.04 Å². The van der Waals surface area contributed by atoms with Gasteiger partial charge in [0, 0.05) is 19.2 Å². The third-order valence-corrected chi connectivity index (χ3v) is 5.35. The van der Waals surface area contributed by atoms with Crippen LogP contribution in [0, 0.1) is 5.82 Å².